The molecule has 1 heterocycles. The van der Waals surface area contributed by atoms with Gasteiger partial charge in [0, 0.05) is 0 Å². The zero-order valence-electron chi connectivity index (χ0n) is 10.7. The van der Waals surface area contributed by atoms with E-state index in [-0.39, 0.29) is 29.0 Å². The number of benzene rings is 1. The summed E-state index contributed by atoms with van der Waals surface area (Å²) in [7, 11) is 0. The summed E-state index contributed by atoms with van der Waals surface area (Å²) >= 11 is 0. The fourth-order valence-corrected chi connectivity index (χ4v) is 2.27. The minimum absolute atomic E-state index is 0.00986. The van der Waals surface area contributed by atoms with E-state index in [1.54, 1.807) is 6.07 Å². The summed E-state index contributed by atoms with van der Waals surface area (Å²) in [5.41, 5.74) is 1.16. The van der Waals surface area contributed by atoms with Crippen molar-refractivity contribution >= 4 is 11.6 Å². The lowest BCUT2D eigenvalue weighted by Crippen LogP contribution is -2.28. The van der Waals surface area contributed by atoms with E-state index in [4.69, 9.17) is 0 Å². The molecule has 0 spiro atoms. The van der Waals surface area contributed by atoms with Crippen LogP contribution in [0.5, 0.6) is 0 Å². The first kappa shape index (κ1) is 12.1. The van der Waals surface area contributed by atoms with E-state index in [9.17, 15) is 9.18 Å². The summed E-state index contributed by atoms with van der Waals surface area (Å²) < 4.78 is 13.6. The Kier molecular flexibility index (Phi) is 2.72. The zero-order chi connectivity index (χ0) is 12.8. The quantitative estimate of drug-likeness (QED) is 0.792. The van der Waals surface area contributed by atoms with Crippen LogP contribution in [0.4, 0.5) is 10.1 Å². The number of anilines is 1. The van der Waals surface area contributed by atoms with Gasteiger partial charge in [0.15, 0.2) is 0 Å². The Morgan fingerprint density at radius 2 is 2.00 bits per heavy atom. The minimum atomic E-state index is -0.348. The van der Waals surface area contributed by atoms with Crippen LogP contribution < -0.4 is 5.32 Å². The van der Waals surface area contributed by atoms with Crippen LogP contribution in [-0.4, -0.2) is 5.91 Å². The molecule has 0 fully saturated rings. The van der Waals surface area contributed by atoms with E-state index in [2.05, 4.69) is 26.1 Å². The number of nitrogens with one attached hydrogen (secondary N) is 1. The average Bonchev–Trinajstić information content (AvgIpc) is 2.54. The van der Waals surface area contributed by atoms with Gasteiger partial charge in [-0.3, -0.25) is 4.79 Å². The molecule has 0 radical (unpaired) electrons. The van der Waals surface area contributed by atoms with Crippen LogP contribution in [0.25, 0.3) is 0 Å². The molecule has 1 N–H and O–H groups in total. The molecule has 17 heavy (non-hydrogen) atoms. The Bertz CT molecular complexity index is 462. The summed E-state index contributed by atoms with van der Waals surface area (Å²) in [5.74, 6) is -0.529. The Morgan fingerprint density at radius 3 is 2.59 bits per heavy atom. The Morgan fingerprint density at radius 1 is 1.35 bits per heavy atom. The number of halogens is 1. The number of rotatable bonds is 1. The molecule has 92 valence electrons. The average molecular weight is 235 g/mol. The number of hydrogen-bond donors (Lipinski definition) is 1. The molecule has 1 aliphatic rings. The predicted molar refractivity (Wildman–Crippen MR) is 66.4 cm³/mol. The number of para-hydroxylation sites is 1. The van der Waals surface area contributed by atoms with Gasteiger partial charge in [-0.25, -0.2) is 4.39 Å². The molecule has 0 bridgehead atoms. The molecule has 1 amide bonds. The number of amides is 1. The van der Waals surface area contributed by atoms with Gasteiger partial charge in [0.1, 0.15) is 5.82 Å². The van der Waals surface area contributed by atoms with Gasteiger partial charge < -0.3 is 5.32 Å². The summed E-state index contributed by atoms with van der Waals surface area (Å²) in [6.07, 6.45) is 0. The van der Waals surface area contributed by atoms with Crippen LogP contribution in [-0.2, 0) is 4.79 Å². The fourth-order valence-electron chi connectivity index (χ4n) is 2.27. The molecule has 1 aliphatic heterocycles. The molecule has 2 nitrogen and oxygen atoms in total. The molecule has 2 unspecified atom stereocenters. The second kappa shape index (κ2) is 3.83. The highest BCUT2D eigenvalue weighted by Crippen LogP contribution is 2.44. The second-order valence-corrected chi connectivity index (χ2v) is 5.83. The first-order valence-corrected chi connectivity index (χ1v) is 5.91. The summed E-state index contributed by atoms with van der Waals surface area (Å²) in [6.45, 7) is 8.34. The van der Waals surface area contributed by atoms with Crippen molar-refractivity contribution < 1.29 is 9.18 Å². The van der Waals surface area contributed by atoms with Crippen molar-refractivity contribution in [1.29, 1.82) is 0 Å². The largest absolute Gasteiger partial charge is 0.323 e. The summed E-state index contributed by atoms with van der Waals surface area (Å²) in [6, 6.07) is 4.88. The van der Waals surface area contributed by atoms with E-state index in [1.165, 1.54) is 6.07 Å². The highest BCUT2D eigenvalue weighted by atomic mass is 19.1. The fraction of sp³-hybridized carbons (Fsp3) is 0.500. The van der Waals surface area contributed by atoms with Crippen molar-refractivity contribution in [3.63, 3.8) is 0 Å². The van der Waals surface area contributed by atoms with Crippen LogP contribution >= 0.6 is 0 Å². The minimum Gasteiger partial charge on any atom is -0.323 e. The Labute approximate surface area is 101 Å². The Hall–Kier alpha value is -1.38. The maximum absolute atomic E-state index is 13.6. The number of carbonyl (C=O) groups excluding carboxylic acids is 1. The zero-order valence-corrected chi connectivity index (χ0v) is 10.7. The molecule has 0 saturated carbocycles. The lowest BCUT2D eigenvalue weighted by Gasteiger charge is -2.31. The van der Waals surface area contributed by atoms with Crippen molar-refractivity contribution in [2.75, 3.05) is 5.32 Å². The normalized spacial score (nSPS) is 21.0. The smallest absolute Gasteiger partial charge is 0.232 e. The molecule has 3 heteroatoms. The van der Waals surface area contributed by atoms with Crippen molar-refractivity contribution in [3.05, 3.63) is 29.6 Å². The third-order valence-electron chi connectivity index (χ3n) is 3.78. The van der Waals surface area contributed by atoms with Crippen LogP contribution in [0, 0.1) is 17.2 Å². The van der Waals surface area contributed by atoms with Crippen molar-refractivity contribution in [2.45, 2.75) is 33.6 Å². The Balaban J connectivity index is 2.46. The molecule has 0 aliphatic carbocycles. The first-order chi connectivity index (χ1) is 7.82. The van der Waals surface area contributed by atoms with Crippen molar-refractivity contribution in [1.82, 2.24) is 0 Å². The summed E-state index contributed by atoms with van der Waals surface area (Å²) in [4.78, 5) is 12.0. The highest BCUT2D eigenvalue weighted by molar-refractivity contribution is 6.03. The van der Waals surface area contributed by atoms with Gasteiger partial charge in [-0.05, 0) is 23.0 Å². The van der Waals surface area contributed by atoms with Gasteiger partial charge >= 0.3 is 0 Å². The summed E-state index contributed by atoms with van der Waals surface area (Å²) in [5, 5.41) is 2.65. The number of fused-ring (bicyclic) bond motifs is 1. The van der Waals surface area contributed by atoms with E-state index >= 15 is 0 Å². The van der Waals surface area contributed by atoms with Crippen LogP contribution in [0.2, 0.25) is 0 Å². The number of hydrogen-bond acceptors (Lipinski definition) is 1. The first-order valence-electron chi connectivity index (χ1n) is 5.91. The van der Waals surface area contributed by atoms with E-state index < -0.39 is 0 Å². The standard InChI is InChI=1S/C14H18FNO/c1-8(14(2,3)4)11-9-6-5-7-10(15)12(9)16-13(11)17/h5-8,11H,1-4H3,(H,16,17). The van der Waals surface area contributed by atoms with E-state index in [1.807, 2.05) is 13.0 Å². The third-order valence-corrected chi connectivity index (χ3v) is 3.78. The molecular weight excluding hydrogens is 217 g/mol. The van der Waals surface area contributed by atoms with Crippen LogP contribution in [0.3, 0.4) is 0 Å². The molecule has 0 saturated heterocycles. The van der Waals surface area contributed by atoms with Gasteiger partial charge in [-0.2, -0.15) is 0 Å². The van der Waals surface area contributed by atoms with Gasteiger partial charge in [-0.1, -0.05) is 39.8 Å². The van der Waals surface area contributed by atoms with Crippen LogP contribution in [0.15, 0.2) is 18.2 Å². The molecule has 1 aromatic rings. The molecule has 2 rings (SSSR count). The van der Waals surface area contributed by atoms with Gasteiger partial charge in [0.2, 0.25) is 5.91 Å². The highest BCUT2D eigenvalue weighted by Gasteiger charge is 2.40. The van der Waals surface area contributed by atoms with Crippen molar-refractivity contribution in [3.8, 4) is 0 Å². The molecular formula is C14H18FNO. The SMILES string of the molecule is CC(C1C(=O)Nc2c(F)cccc21)C(C)(C)C. The van der Waals surface area contributed by atoms with E-state index in [0.717, 1.165) is 5.56 Å². The topological polar surface area (TPSA) is 29.1 Å². The van der Waals surface area contributed by atoms with Gasteiger partial charge in [0.05, 0.1) is 11.6 Å². The maximum Gasteiger partial charge on any atom is 0.232 e. The third kappa shape index (κ3) is 1.94. The maximum atomic E-state index is 13.6. The van der Waals surface area contributed by atoms with E-state index in [0.29, 0.717) is 5.69 Å². The van der Waals surface area contributed by atoms with Gasteiger partial charge in [-0.15, -0.1) is 0 Å². The van der Waals surface area contributed by atoms with Crippen LogP contribution in [0.1, 0.15) is 39.2 Å². The number of carbonyl (C=O) groups is 1. The lowest BCUT2D eigenvalue weighted by atomic mass is 9.72. The molecule has 2 atom stereocenters. The molecule has 1 aromatic carbocycles. The predicted octanol–water partition coefficient (Wildman–Crippen LogP) is 3.54. The second-order valence-electron chi connectivity index (χ2n) is 5.83. The monoisotopic (exact) mass is 235 g/mol. The van der Waals surface area contributed by atoms with Gasteiger partial charge in [0.25, 0.3) is 0 Å². The molecule has 0 aromatic heterocycles. The van der Waals surface area contributed by atoms with Crippen molar-refractivity contribution in [2.24, 2.45) is 11.3 Å². The lowest BCUT2D eigenvalue weighted by molar-refractivity contribution is -0.118.